The number of aromatic nitrogens is 3. The zero-order valence-corrected chi connectivity index (χ0v) is 9.31. The molecule has 0 atom stereocenters. The molecule has 0 radical (unpaired) electrons. The second-order valence-electron chi connectivity index (χ2n) is 4.27. The third-order valence-corrected chi connectivity index (χ3v) is 3.29. The molecule has 4 aromatic rings. The molecule has 0 aliphatic heterocycles. The van der Waals surface area contributed by atoms with E-state index in [2.05, 4.69) is 15.2 Å². The van der Waals surface area contributed by atoms with Gasteiger partial charge >= 0.3 is 0 Å². The van der Waals surface area contributed by atoms with Gasteiger partial charge in [0.1, 0.15) is 5.82 Å². The van der Waals surface area contributed by atoms with Gasteiger partial charge in [0.25, 0.3) is 0 Å². The summed E-state index contributed by atoms with van der Waals surface area (Å²) >= 11 is 0. The minimum atomic E-state index is -0.244. The Labute approximate surface area is 101 Å². The Hall–Kier alpha value is -2.49. The van der Waals surface area contributed by atoms with E-state index in [1.165, 1.54) is 6.07 Å². The Morgan fingerprint density at radius 2 is 1.83 bits per heavy atom. The lowest BCUT2D eigenvalue weighted by Gasteiger charge is -2.05. The van der Waals surface area contributed by atoms with Crippen LogP contribution in [0.15, 0.2) is 42.9 Å². The smallest absolute Gasteiger partial charge is 0.123 e. The van der Waals surface area contributed by atoms with Crippen LogP contribution in [0.5, 0.6) is 0 Å². The fourth-order valence-corrected chi connectivity index (χ4v) is 2.50. The fraction of sp³-hybridized carbons (Fsp3) is 0. The van der Waals surface area contributed by atoms with Crippen LogP contribution in [-0.4, -0.2) is 15.2 Å². The highest BCUT2D eigenvalue weighted by atomic mass is 19.1. The lowest BCUT2D eigenvalue weighted by Crippen LogP contribution is -1.84. The third-order valence-electron chi connectivity index (χ3n) is 3.29. The van der Waals surface area contributed by atoms with E-state index in [1.807, 2.05) is 6.07 Å². The molecule has 0 aliphatic rings. The lowest BCUT2D eigenvalue weighted by molar-refractivity contribution is 0.630. The first-order valence-electron chi connectivity index (χ1n) is 5.62. The first kappa shape index (κ1) is 9.53. The summed E-state index contributed by atoms with van der Waals surface area (Å²) in [6.07, 6.45) is 5.30. The van der Waals surface area contributed by atoms with E-state index in [0.717, 1.165) is 32.4 Å². The highest BCUT2D eigenvalue weighted by molar-refractivity contribution is 6.23. The number of halogens is 1. The average Bonchev–Trinajstić information content (AvgIpc) is 2.88. The molecule has 2 aromatic carbocycles. The van der Waals surface area contributed by atoms with Gasteiger partial charge in [-0.1, -0.05) is 0 Å². The first-order chi connectivity index (χ1) is 8.84. The number of hydrogen-bond donors (Lipinski definition) is 1. The van der Waals surface area contributed by atoms with Crippen LogP contribution in [-0.2, 0) is 0 Å². The van der Waals surface area contributed by atoms with E-state index in [1.54, 1.807) is 30.7 Å². The predicted molar refractivity (Wildman–Crippen MR) is 68.9 cm³/mol. The number of hydrogen-bond acceptors (Lipinski definition) is 2. The molecular formula is C14H8FN3. The number of aromatic amines is 1. The van der Waals surface area contributed by atoms with Gasteiger partial charge in [0.15, 0.2) is 0 Å². The van der Waals surface area contributed by atoms with E-state index in [0.29, 0.717) is 0 Å². The Morgan fingerprint density at radius 3 is 2.78 bits per heavy atom. The van der Waals surface area contributed by atoms with Crippen molar-refractivity contribution in [1.82, 2.24) is 15.2 Å². The highest BCUT2D eigenvalue weighted by Gasteiger charge is 2.10. The summed E-state index contributed by atoms with van der Waals surface area (Å²) in [5.74, 6) is -0.244. The van der Waals surface area contributed by atoms with Crippen LogP contribution in [0.2, 0.25) is 0 Å². The lowest BCUT2D eigenvalue weighted by atomic mass is 10.00. The highest BCUT2D eigenvalue weighted by Crippen LogP contribution is 2.33. The van der Waals surface area contributed by atoms with Crippen molar-refractivity contribution >= 4 is 32.4 Å². The summed E-state index contributed by atoms with van der Waals surface area (Å²) < 4.78 is 13.4. The van der Waals surface area contributed by atoms with Crippen molar-refractivity contribution in [2.75, 3.05) is 0 Å². The van der Waals surface area contributed by atoms with Crippen molar-refractivity contribution in [3.63, 3.8) is 0 Å². The summed E-state index contributed by atoms with van der Waals surface area (Å²) in [5, 5.41) is 11.9. The molecule has 18 heavy (non-hydrogen) atoms. The Kier molecular flexibility index (Phi) is 1.73. The third kappa shape index (κ3) is 1.12. The van der Waals surface area contributed by atoms with Crippen molar-refractivity contribution in [3.05, 3.63) is 48.7 Å². The van der Waals surface area contributed by atoms with Gasteiger partial charge in [-0.2, -0.15) is 5.10 Å². The molecule has 0 aliphatic carbocycles. The van der Waals surface area contributed by atoms with Crippen LogP contribution in [0.3, 0.4) is 0 Å². The molecule has 0 spiro atoms. The molecule has 2 aromatic heterocycles. The number of nitrogens with zero attached hydrogens (tertiary/aromatic N) is 2. The number of H-pyrrole nitrogens is 1. The van der Waals surface area contributed by atoms with E-state index < -0.39 is 0 Å². The van der Waals surface area contributed by atoms with Crippen molar-refractivity contribution < 1.29 is 4.39 Å². The molecule has 86 valence electrons. The zero-order valence-electron chi connectivity index (χ0n) is 9.31. The van der Waals surface area contributed by atoms with Gasteiger partial charge in [-0.15, -0.1) is 0 Å². The van der Waals surface area contributed by atoms with Crippen molar-refractivity contribution in [1.29, 1.82) is 0 Å². The summed E-state index contributed by atoms with van der Waals surface area (Å²) in [7, 11) is 0. The van der Waals surface area contributed by atoms with Crippen LogP contribution >= 0.6 is 0 Å². The SMILES string of the molecule is Fc1ccc2c(c1)c1cnccc1c1cn[nH]c21. The molecule has 4 rings (SSSR count). The fourth-order valence-electron chi connectivity index (χ4n) is 2.50. The van der Waals surface area contributed by atoms with Gasteiger partial charge in [-0.05, 0) is 35.0 Å². The summed E-state index contributed by atoms with van der Waals surface area (Å²) in [4.78, 5) is 4.13. The zero-order chi connectivity index (χ0) is 12.1. The number of fused-ring (bicyclic) bond motifs is 6. The van der Waals surface area contributed by atoms with Gasteiger partial charge in [0, 0.05) is 28.6 Å². The topological polar surface area (TPSA) is 41.6 Å². The van der Waals surface area contributed by atoms with E-state index in [4.69, 9.17) is 0 Å². The molecule has 0 saturated carbocycles. The molecule has 0 unspecified atom stereocenters. The molecule has 3 nitrogen and oxygen atoms in total. The summed E-state index contributed by atoms with van der Waals surface area (Å²) in [6.45, 7) is 0. The molecular weight excluding hydrogens is 229 g/mol. The molecule has 0 fully saturated rings. The van der Waals surface area contributed by atoms with E-state index >= 15 is 0 Å². The van der Waals surface area contributed by atoms with Crippen LogP contribution in [0, 0.1) is 5.82 Å². The van der Waals surface area contributed by atoms with Crippen molar-refractivity contribution in [3.8, 4) is 0 Å². The van der Waals surface area contributed by atoms with Gasteiger partial charge in [-0.3, -0.25) is 10.1 Å². The number of benzene rings is 2. The van der Waals surface area contributed by atoms with Crippen LogP contribution < -0.4 is 0 Å². The van der Waals surface area contributed by atoms with Gasteiger partial charge in [0.2, 0.25) is 0 Å². The van der Waals surface area contributed by atoms with Gasteiger partial charge in [-0.25, -0.2) is 4.39 Å². The Balaban J connectivity index is 2.44. The molecule has 1 N–H and O–H groups in total. The second-order valence-corrected chi connectivity index (χ2v) is 4.27. The maximum atomic E-state index is 13.4. The maximum absolute atomic E-state index is 13.4. The molecule has 4 heteroatoms. The van der Waals surface area contributed by atoms with Gasteiger partial charge < -0.3 is 0 Å². The molecule has 0 bridgehead atoms. The Morgan fingerprint density at radius 1 is 0.889 bits per heavy atom. The van der Waals surface area contributed by atoms with Crippen LogP contribution in [0.1, 0.15) is 0 Å². The maximum Gasteiger partial charge on any atom is 0.123 e. The average molecular weight is 237 g/mol. The normalized spacial score (nSPS) is 11.6. The number of nitrogens with one attached hydrogen (secondary N) is 1. The minimum Gasteiger partial charge on any atom is -0.277 e. The standard InChI is InChI=1S/C14H8FN3/c15-8-1-2-10-11(5-8)12-6-16-4-3-9(12)13-7-17-18-14(10)13/h1-7H,(H,17,18). The molecule has 0 saturated heterocycles. The summed E-state index contributed by atoms with van der Waals surface area (Å²) in [5.41, 5.74) is 0.934. The van der Waals surface area contributed by atoms with E-state index in [-0.39, 0.29) is 5.82 Å². The van der Waals surface area contributed by atoms with Crippen LogP contribution in [0.4, 0.5) is 4.39 Å². The van der Waals surface area contributed by atoms with Crippen LogP contribution in [0.25, 0.3) is 32.4 Å². The van der Waals surface area contributed by atoms with Crippen molar-refractivity contribution in [2.24, 2.45) is 0 Å². The van der Waals surface area contributed by atoms with Gasteiger partial charge in [0.05, 0.1) is 11.7 Å². The minimum absolute atomic E-state index is 0.244. The second kappa shape index (κ2) is 3.26. The quantitative estimate of drug-likeness (QED) is 0.476. The predicted octanol–water partition coefficient (Wildman–Crippen LogP) is 3.40. The first-order valence-corrected chi connectivity index (χ1v) is 5.62. The molecule has 2 heterocycles. The van der Waals surface area contributed by atoms with E-state index in [9.17, 15) is 4.39 Å². The number of pyridine rings is 1. The Bertz CT molecular complexity index is 895. The summed E-state index contributed by atoms with van der Waals surface area (Å²) in [6, 6.07) is 6.71. The number of rotatable bonds is 0. The van der Waals surface area contributed by atoms with Crippen molar-refractivity contribution in [2.45, 2.75) is 0 Å². The monoisotopic (exact) mass is 237 g/mol. The largest absolute Gasteiger partial charge is 0.277 e. The molecule has 0 amide bonds.